The van der Waals surface area contributed by atoms with Gasteiger partial charge in [-0.05, 0) is 62.4 Å². The molecule has 1 atom stereocenters. The number of nitrogens with zero attached hydrogens (tertiary/aromatic N) is 3. The van der Waals surface area contributed by atoms with Crippen molar-refractivity contribution in [2.24, 2.45) is 0 Å². The Kier molecular flexibility index (Phi) is 5.89. The molecular weight excluding hydrogens is 367 g/mol. The second kappa shape index (κ2) is 8.56. The van der Waals surface area contributed by atoms with E-state index in [0.29, 0.717) is 6.54 Å². The third-order valence-electron chi connectivity index (χ3n) is 6.50. The summed E-state index contributed by atoms with van der Waals surface area (Å²) in [5, 5.41) is 12.4. The van der Waals surface area contributed by atoms with Crippen LogP contribution >= 0.6 is 0 Å². The first-order valence-corrected chi connectivity index (χ1v) is 10.5. The molecule has 1 spiro atoms. The van der Waals surface area contributed by atoms with Gasteiger partial charge in [0.25, 0.3) is 0 Å². The topological polar surface area (TPSA) is 70.8 Å². The maximum absolute atomic E-state index is 13.4. The lowest BCUT2D eigenvalue weighted by atomic mass is 9.68. The van der Waals surface area contributed by atoms with Gasteiger partial charge in [0.2, 0.25) is 5.95 Å². The molecule has 0 bridgehead atoms. The number of rotatable bonds is 6. The van der Waals surface area contributed by atoms with Crippen molar-refractivity contribution in [2.75, 3.05) is 13.2 Å². The van der Waals surface area contributed by atoms with Crippen LogP contribution in [-0.2, 0) is 16.7 Å². The molecule has 0 radical (unpaired) electrons. The highest BCUT2D eigenvalue weighted by molar-refractivity contribution is 5.30. The van der Waals surface area contributed by atoms with Crippen molar-refractivity contribution in [3.05, 3.63) is 59.4 Å². The molecule has 2 aromatic heterocycles. The first-order chi connectivity index (χ1) is 14.1. The smallest absolute Gasteiger partial charge is 0.230 e. The van der Waals surface area contributed by atoms with Gasteiger partial charge in [0.15, 0.2) is 0 Å². The average Bonchev–Trinajstić information content (AvgIpc) is 3.20. The van der Waals surface area contributed by atoms with Crippen molar-refractivity contribution in [3.8, 4) is 6.07 Å². The summed E-state index contributed by atoms with van der Waals surface area (Å²) in [4.78, 5) is 8.40. The zero-order valence-corrected chi connectivity index (χ0v) is 16.7. The molecule has 4 rings (SSSR count). The third-order valence-corrected chi connectivity index (χ3v) is 6.50. The van der Waals surface area contributed by atoms with Crippen LogP contribution in [0.5, 0.6) is 0 Å². The molecular formula is C23H27FN4O. The summed E-state index contributed by atoms with van der Waals surface area (Å²) >= 11 is 0. The summed E-state index contributed by atoms with van der Waals surface area (Å²) in [6, 6.07) is 9.59. The van der Waals surface area contributed by atoms with Crippen LogP contribution in [0.2, 0.25) is 0 Å². The predicted molar refractivity (Wildman–Crippen MR) is 108 cm³/mol. The standard InChI is InChI=1S/C23H27FN4O/c24-21-19(14-25)13-18(16-28-21)15-26-11-8-22(20-5-1-4-10-27-20)9-12-29-23(17-22)6-2-3-7-23/h1,4-5,10,13,16,26H,2-3,6-9,11-12,15,17H2/t22-/m1/s1. The Labute approximate surface area is 171 Å². The molecule has 1 aliphatic heterocycles. The van der Waals surface area contributed by atoms with E-state index in [1.54, 1.807) is 6.07 Å². The van der Waals surface area contributed by atoms with Gasteiger partial charge in [-0.3, -0.25) is 4.98 Å². The average molecular weight is 394 g/mol. The lowest BCUT2D eigenvalue weighted by molar-refractivity contribution is -0.104. The summed E-state index contributed by atoms with van der Waals surface area (Å²) < 4.78 is 19.7. The molecule has 1 N–H and O–H groups in total. The van der Waals surface area contributed by atoms with Crippen molar-refractivity contribution in [3.63, 3.8) is 0 Å². The molecule has 0 unspecified atom stereocenters. The van der Waals surface area contributed by atoms with E-state index in [9.17, 15) is 4.39 Å². The van der Waals surface area contributed by atoms with Crippen LogP contribution in [0.1, 0.15) is 61.8 Å². The normalized spacial score (nSPS) is 23.2. The minimum atomic E-state index is -0.713. The maximum atomic E-state index is 13.4. The van der Waals surface area contributed by atoms with Crippen LogP contribution in [0.25, 0.3) is 0 Å². The van der Waals surface area contributed by atoms with Crippen LogP contribution in [0.4, 0.5) is 4.39 Å². The number of pyridine rings is 2. The Bertz CT molecular complexity index is 876. The number of halogens is 1. The van der Waals surface area contributed by atoms with Gasteiger partial charge >= 0.3 is 0 Å². The molecule has 0 amide bonds. The molecule has 1 saturated heterocycles. The van der Waals surface area contributed by atoms with E-state index < -0.39 is 5.95 Å². The van der Waals surface area contributed by atoms with Crippen LogP contribution in [0.15, 0.2) is 36.7 Å². The van der Waals surface area contributed by atoms with Gasteiger partial charge in [-0.25, -0.2) is 4.98 Å². The highest BCUT2D eigenvalue weighted by Gasteiger charge is 2.48. The third kappa shape index (κ3) is 4.31. The fourth-order valence-electron chi connectivity index (χ4n) is 5.02. The van der Waals surface area contributed by atoms with Gasteiger partial charge in [-0.1, -0.05) is 18.9 Å². The molecule has 6 heteroatoms. The van der Waals surface area contributed by atoms with Gasteiger partial charge in [-0.15, -0.1) is 0 Å². The SMILES string of the molecule is N#Cc1cc(CNCC[C@@]2(c3ccccn3)CCOC3(CCCC3)C2)cnc1F. The molecule has 152 valence electrons. The molecule has 1 saturated carbocycles. The van der Waals surface area contributed by atoms with Gasteiger partial charge in [-0.2, -0.15) is 9.65 Å². The molecule has 2 aromatic rings. The number of nitrogens with one attached hydrogen (secondary N) is 1. The molecule has 1 aliphatic carbocycles. The summed E-state index contributed by atoms with van der Waals surface area (Å²) in [5.74, 6) is -0.713. The zero-order chi connectivity index (χ0) is 20.2. The van der Waals surface area contributed by atoms with Crippen LogP contribution in [0, 0.1) is 17.3 Å². The first-order valence-electron chi connectivity index (χ1n) is 10.5. The van der Waals surface area contributed by atoms with Crippen molar-refractivity contribution < 1.29 is 9.13 Å². The maximum Gasteiger partial charge on any atom is 0.230 e. The monoisotopic (exact) mass is 394 g/mol. The quantitative estimate of drug-likeness (QED) is 0.592. The van der Waals surface area contributed by atoms with Crippen molar-refractivity contribution >= 4 is 0 Å². The first kappa shape index (κ1) is 19.9. The number of hydrogen-bond donors (Lipinski definition) is 1. The van der Waals surface area contributed by atoms with Crippen molar-refractivity contribution in [2.45, 2.75) is 62.5 Å². The Morgan fingerprint density at radius 2 is 2.07 bits per heavy atom. The van der Waals surface area contributed by atoms with Crippen molar-refractivity contribution in [1.82, 2.24) is 15.3 Å². The largest absolute Gasteiger partial charge is 0.375 e. The van der Waals surface area contributed by atoms with E-state index in [2.05, 4.69) is 22.4 Å². The van der Waals surface area contributed by atoms with Crippen molar-refractivity contribution in [1.29, 1.82) is 5.26 Å². The second-order valence-corrected chi connectivity index (χ2v) is 8.38. The summed E-state index contributed by atoms with van der Waals surface area (Å²) in [7, 11) is 0. The summed E-state index contributed by atoms with van der Waals surface area (Å²) in [5.41, 5.74) is 1.98. The minimum Gasteiger partial charge on any atom is -0.375 e. The number of nitriles is 1. The number of aromatic nitrogens is 2. The number of hydrogen-bond acceptors (Lipinski definition) is 5. The van der Waals surface area contributed by atoms with Crippen LogP contribution in [0.3, 0.4) is 0 Å². The highest BCUT2D eigenvalue weighted by Crippen LogP contribution is 2.49. The molecule has 3 heterocycles. The van der Waals surface area contributed by atoms with Gasteiger partial charge in [0.05, 0.1) is 5.60 Å². The van der Waals surface area contributed by atoms with E-state index in [0.717, 1.165) is 56.5 Å². The second-order valence-electron chi connectivity index (χ2n) is 8.38. The van der Waals surface area contributed by atoms with E-state index in [4.69, 9.17) is 15.0 Å². The van der Waals surface area contributed by atoms with E-state index >= 15 is 0 Å². The van der Waals surface area contributed by atoms with Gasteiger partial charge in [0.1, 0.15) is 11.6 Å². The highest BCUT2D eigenvalue weighted by atomic mass is 19.1. The van der Waals surface area contributed by atoms with E-state index in [-0.39, 0.29) is 16.6 Å². The Balaban J connectivity index is 1.45. The van der Waals surface area contributed by atoms with E-state index in [1.165, 1.54) is 19.0 Å². The Morgan fingerprint density at radius 3 is 2.83 bits per heavy atom. The lowest BCUT2D eigenvalue weighted by Gasteiger charge is -2.46. The van der Waals surface area contributed by atoms with Crippen LogP contribution in [-0.4, -0.2) is 28.7 Å². The van der Waals surface area contributed by atoms with E-state index in [1.807, 2.05) is 18.3 Å². The predicted octanol–water partition coefficient (Wildman–Crippen LogP) is 4.03. The molecule has 29 heavy (non-hydrogen) atoms. The molecule has 2 fully saturated rings. The Morgan fingerprint density at radius 1 is 1.21 bits per heavy atom. The van der Waals surface area contributed by atoms with Gasteiger partial charge in [0, 0.05) is 36.7 Å². The lowest BCUT2D eigenvalue weighted by Crippen LogP contribution is -2.47. The number of ether oxygens (including phenoxy) is 1. The van der Waals surface area contributed by atoms with Crippen LogP contribution < -0.4 is 5.32 Å². The summed E-state index contributed by atoms with van der Waals surface area (Å²) in [6.45, 7) is 2.15. The summed E-state index contributed by atoms with van der Waals surface area (Å²) in [6.07, 6.45) is 11.1. The fourth-order valence-corrected chi connectivity index (χ4v) is 5.02. The molecule has 2 aliphatic rings. The Hall–Kier alpha value is -2.36. The molecule has 5 nitrogen and oxygen atoms in total. The molecule has 0 aromatic carbocycles. The fraction of sp³-hybridized carbons (Fsp3) is 0.522. The van der Waals surface area contributed by atoms with Gasteiger partial charge < -0.3 is 10.1 Å². The minimum absolute atomic E-state index is 0.00963. The zero-order valence-electron chi connectivity index (χ0n) is 16.7.